The van der Waals surface area contributed by atoms with E-state index in [1.807, 2.05) is 0 Å². The highest BCUT2D eigenvalue weighted by Crippen LogP contribution is 2.21. The van der Waals surface area contributed by atoms with E-state index in [2.05, 4.69) is 5.32 Å². The van der Waals surface area contributed by atoms with Crippen LogP contribution in [0.5, 0.6) is 0 Å². The molecule has 2 unspecified atom stereocenters. The standard InChI is InChI=1S/C17H22ClNO6/c1-10(2)16(24-11(3)20)25-17(23)19-9-8-14(15(21)22)12-4-6-13(18)7-5-12/h4-7,10,14,16H,8-9H2,1-3H3,(H,19,23)(H,21,22). The van der Waals surface area contributed by atoms with Crippen LogP contribution < -0.4 is 5.32 Å². The second-order valence-electron chi connectivity index (χ2n) is 5.78. The minimum absolute atomic E-state index is 0.0866. The van der Waals surface area contributed by atoms with Gasteiger partial charge in [-0.25, -0.2) is 4.79 Å². The molecule has 7 nitrogen and oxygen atoms in total. The molecule has 2 atom stereocenters. The molecule has 0 spiro atoms. The number of hydrogen-bond acceptors (Lipinski definition) is 5. The van der Waals surface area contributed by atoms with Gasteiger partial charge in [-0.2, -0.15) is 0 Å². The molecule has 0 aliphatic heterocycles. The molecule has 0 bridgehead atoms. The SMILES string of the molecule is CC(=O)OC(OC(=O)NCCC(C(=O)O)c1ccc(Cl)cc1)C(C)C. The first-order valence-electron chi connectivity index (χ1n) is 7.80. The highest BCUT2D eigenvalue weighted by atomic mass is 35.5. The van der Waals surface area contributed by atoms with Crippen molar-refractivity contribution in [2.45, 2.75) is 39.4 Å². The Hall–Kier alpha value is -2.28. The fourth-order valence-electron chi connectivity index (χ4n) is 2.05. The summed E-state index contributed by atoms with van der Waals surface area (Å²) < 4.78 is 9.93. The number of carbonyl (C=O) groups is 3. The van der Waals surface area contributed by atoms with Crippen molar-refractivity contribution in [3.63, 3.8) is 0 Å². The Bertz CT molecular complexity index is 602. The summed E-state index contributed by atoms with van der Waals surface area (Å²) in [6.07, 6.45) is -1.60. The Labute approximate surface area is 151 Å². The number of nitrogens with one attached hydrogen (secondary N) is 1. The number of carboxylic acids is 1. The summed E-state index contributed by atoms with van der Waals surface area (Å²) in [6.45, 7) is 4.79. The number of amides is 1. The van der Waals surface area contributed by atoms with Gasteiger partial charge in [0.2, 0.25) is 0 Å². The lowest BCUT2D eigenvalue weighted by Gasteiger charge is -2.21. The van der Waals surface area contributed by atoms with Crippen LogP contribution >= 0.6 is 11.6 Å². The molecule has 0 aliphatic carbocycles. The number of ether oxygens (including phenoxy) is 2. The van der Waals surface area contributed by atoms with Gasteiger partial charge in [0, 0.05) is 24.4 Å². The van der Waals surface area contributed by atoms with Gasteiger partial charge in [0.05, 0.1) is 5.92 Å². The maximum atomic E-state index is 11.8. The van der Waals surface area contributed by atoms with Crippen molar-refractivity contribution >= 4 is 29.6 Å². The monoisotopic (exact) mass is 371 g/mol. The summed E-state index contributed by atoms with van der Waals surface area (Å²) in [7, 11) is 0. The maximum Gasteiger partial charge on any atom is 0.410 e. The van der Waals surface area contributed by atoms with Crippen LogP contribution in [0.1, 0.15) is 38.7 Å². The van der Waals surface area contributed by atoms with Crippen molar-refractivity contribution in [2.75, 3.05) is 6.54 Å². The molecule has 1 rings (SSSR count). The highest BCUT2D eigenvalue weighted by Gasteiger charge is 2.23. The lowest BCUT2D eigenvalue weighted by atomic mass is 9.96. The molecule has 0 saturated carbocycles. The van der Waals surface area contributed by atoms with Gasteiger partial charge in [0.25, 0.3) is 6.29 Å². The van der Waals surface area contributed by atoms with Crippen LogP contribution in [0.25, 0.3) is 0 Å². The minimum Gasteiger partial charge on any atom is -0.481 e. The molecule has 0 saturated heterocycles. The summed E-state index contributed by atoms with van der Waals surface area (Å²) in [5, 5.41) is 12.3. The van der Waals surface area contributed by atoms with E-state index in [1.54, 1.807) is 38.1 Å². The largest absolute Gasteiger partial charge is 0.481 e. The molecule has 0 aromatic heterocycles. The molecule has 1 aromatic carbocycles. The summed E-state index contributed by atoms with van der Waals surface area (Å²) in [5.41, 5.74) is 0.590. The molecule has 0 radical (unpaired) electrons. The van der Waals surface area contributed by atoms with Crippen molar-refractivity contribution in [1.29, 1.82) is 0 Å². The fraction of sp³-hybridized carbons (Fsp3) is 0.471. The van der Waals surface area contributed by atoms with E-state index in [4.69, 9.17) is 21.1 Å². The van der Waals surface area contributed by atoms with Crippen LogP contribution in [0, 0.1) is 5.92 Å². The van der Waals surface area contributed by atoms with E-state index >= 15 is 0 Å². The first-order chi connectivity index (χ1) is 11.7. The lowest BCUT2D eigenvalue weighted by Crippen LogP contribution is -2.35. The van der Waals surface area contributed by atoms with Gasteiger partial charge in [-0.3, -0.25) is 9.59 Å². The van der Waals surface area contributed by atoms with E-state index in [9.17, 15) is 19.5 Å². The van der Waals surface area contributed by atoms with Crippen LogP contribution in [0.15, 0.2) is 24.3 Å². The summed E-state index contributed by atoms with van der Waals surface area (Å²) in [6, 6.07) is 6.49. The number of aliphatic carboxylic acids is 1. The van der Waals surface area contributed by atoms with Crippen molar-refractivity contribution in [3.8, 4) is 0 Å². The van der Waals surface area contributed by atoms with Gasteiger partial charge < -0.3 is 19.9 Å². The van der Waals surface area contributed by atoms with E-state index in [1.165, 1.54) is 6.92 Å². The second kappa shape index (κ2) is 9.88. The van der Waals surface area contributed by atoms with E-state index < -0.39 is 30.2 Å². The fourth-order valence-corrected chi connectivity index (χ4v) is 2.18. The molecule has 1 aromatic rings. The number of halogens is 1. The first kappa shape index (κ1) is 20.8. The number of rotatable bonds is 8. The third-order valence-corrected chi connectivity index (χ3v) is 3.57. The van der Waals surface area contributed by atoms with Crippen LogP contribution in [0.3, 0.4) is 0 Å². The van der Waals surface area contributed by atoms with E-state index in [0.717, 1.165) is 0 Å². The Balaban J connectivity index is 2.55. The predicted octanol–water partition coefficient (Wildman–Crippen LogP) is 3.17. The van der Waals surface area contributed by atoms with Gasteiger partial charge in [0.1, 0.15) is 0 Å². The number of esters is 1. The van der Waals surface area contributed by atoms with Crippen LogP contribution in [-0.2, 0) is 19.1 Å². The molecule has 0 heterocycles. The van der Waals surface area contributed by atoms with Gasteiger partial charge in [-0.05, 0) is 24.1 Å². The zero-order valence-corrected chi connectivity index (χ0v) is 15.1. The van der Waals surface area contributed by atoms with Crippen LogP contribution in [-0.4, -0.2) is 36.0 Å². The Morgan fingerprint density at radius 1 is 1.16 bits per heavy atom. The van der Waals surface area contributed by atoms with Crippen molar-refractivity contribution < 1.29 is 29.0 Å². The number of carbonyl (C=O) groups excluding carboxylic acids is 2. The topological polar surface area (TPSA) is 102 Å². The molecule has 138 valence electrons. The normalized spacial score (nSPS) is 13.0. The second-order valence-corrected chi connectivity index (χ2v) is 6.22. The molecular formula is C17H22ClNO6. The molecule has 8 heteroatoms. The molecule has 25 heavy (non-hydrogen) atoms. The Kier molecular flexibility index (Phi) is 8.21. The Morgan fingerprint density at radius 3 is 2.24 bits per heavy atom. The Morgan fingerprint density at radius 2 is 1.76 bits per heavy atom. The average molecular weight is 372 g/mol. The van der Waals surface area contributed by atoms with E-state index in [0.29, 0.717) is 10.6 Å². The maximum absolute atomic E-state index is 11.8. The smallest absolute Gasteiger partial charge is 0.410 e. The van der Waals surface area contributed by atoms with Gasteiger partial charge in [0.15, 0.2) is 0 Å². The molecule has 0 aliphatic rings. The zero-order chi connectivity index (χ0) is 19.0. The van der Waals surface area contributed by atoms with Gasteiger partial charge >= 0.3 is 18.0 Å². The van der Waals surface area contributed by atoms with Crippen molar-refractivity contribution in [1.82, 2.24) is 5.32 Å². The van der Waals surface area contributed by atoms with Gasteiger partial charge in [-0.1, -0.05) is 37.6 Å². The van der Waals surface area contributed by atoms with Crippen LogP contribution in [0.2, 0.25) is 5.02 Å². The summed E-state index contributed by atoms with van der Waals surface area (Å²) in [4.78, 5) is 34.2. The third kappa shape index (κ3) is 7.43. The average Bonchev–Trinajstić information content (AvgIpc) is 2.51. The number of carboxylic acid groups (broad SMARTS) is 1. The van der Waals surface area contributed by atoms with Crippen molar-refractivity contribution in [2.24, 2.45) is 5.92 Å². The summed E-state index contributed by atoms with van der Waals surface area (Å²) in [5.74, 6) is -2.56. The zero-order valence-electron chi connectivity index (χ0n) is 14.3. The number of alkyl carbamates (subject to hydrolysis) is 1. The quantitative estimate of drug-likeness (QED) is 0.537. The van der Waals surface area contributed by atoms with Crippen molar-refractivity contribution in [3.05, 3.63) is 34.9 Å². The highest BCUT2D eigenvalue weighted by molar-refractivity contribution is 6.30. The van der Waals surface area contributed by atoms with Crippen LogP contribution in [0.4, 0.5) is 4.79 Å². The molecular weight excluding hydrogens is 350 g/mol. The molecule has 1 amide bonds. The predicted molar refractivity (Wildman–Crippen MR) is 91.3 cm³/mol. The number of hydrogen-bond donors (Lipinski definition) is 2. The lowest BCUT2D eigenvalue weighted by molar-refractivity contribution is -0.172. The van der Waals surface area contributed by atoms with Gasteiger partial charge in [-0.15, -0.1) is 0 Å². The third-order valence-electron chi connectivity index (χ3n) is 3.32. The molecule has 0 fully saturated rings. The number of benzene rings is 1. The first-order valence-corrected chi connectivity index (χ1v) is 8.18. The molecule has 2 N–H and O–H groups in total. The summed E-state index contributed by atoms with van der Waals surface area (Å²) >= 11 is 5.79. The van der Waals surface area contributed by atoms with E-state index in [-0.39, 0.29) is 18.9 Å². The minimum atomic E-state index is -1.00.